The summed E-state index contributed by atoms with van der Waals surface area (Å²) in [6.45, 7) is -0.0642. The number of carbonyl (C=O) groups is 3. The second-order valence-corrected chi connectivity index (χ2v) is 8.51. The van der Waals surface area contributed by atoms with Gasteiger partial charge in [-0.15, -0.1) is 0 Å². The molecule has 2 aliphatic carbocycles. The lowest BCUT2D eigenvalue weighted by molar-refractivity contribution is -0.385. The fraction of sp³-hybridized carbons (Fsp3) is 0.250. The fourth-order valence-corrected chi connectivity index (χ4v) is 4.96. The predicted molar refractivity (Wildman–Crippen MR) is 118 cm³/mol. The van der Waals surface area contributed by atoms with Crippen molar-refractivity contribution in [1.82, 2.24) is 5.01 Å². The van der Waals surface area contributed by atoms with E-state index in [4.69, 9.17) is 9.84 Å². The zero-order chi connectivity index (χ0) is 24.0. The molecule has 2 aromatic carbocycles. The number of allylic oxidation sites excluding steroid dienone is 2. The number of hydrazone groups is 1. The van der Waals surface area contributed by atoms with Crippen molar-refractivity contribution in [3.8, 4) is 5.75 Å². The number of nitrogens with zero attached hydrogens (tertiary/aromatic N) is 3. The maximum Gasteiger partial charge on any atom is 0.335 e. The first-order valence-corrected chi connectivity index (χ1v) is 10.7. The highest BCUT2D eigenvalue weighted by molar-refractivity contribution is 6.06. The lowest BCUT2D eigenvalue weighted by atomic mass is 9.85. The highest BCUT2D eigenvalue weighted by Crippen LogP contribution is 2.52. The monoisotopic (exact) mass is 461 g/mol. The Morgan fingerprint density at radius 1 is 1.15 bits per heavy atom. The highest BCUT2D eigenvalue weighted by Gasteiger charge is 2.59. The number of fused-ring (bicyclic) bond motifs is 5. The molecule has 5 rings (SSSR count). The molecule has 0 radical (unpaired) electrons. The van der Waals surface area contributed by atoms with Crippen molar-refractivity contribution in [2.24, 2.45) is 28.8 Å². The SMILES string of the molecule is O=C(O)c1cccc(COc2ccc(C=NN3C(=O)C4C5C=CC(C5)C4C3=O)cc2[N+](=O)[O-])c1. The Morgan fingerprint density at radius 3 is 2.50 bits per heavy atom. The normalized spacial score (nSPS) is 24.8. The van der Waals surface area contributed by atoms with Crippen molar-refractivity contribution in [1.29, 1.82) is 0 Å². The Bertz CT molecular complexity index is 1260. The summed E-state index contributed by atoms with van der Waals surface area (Å²) in [6, 6.07) is 10.2. The minimum Gasteiger partial charge on any atom is -0.482 e. The molecular formula is C24H19N3O7. The molecule has 10 nitrogen and oxygen atoms in total. The van der Waals surface area contributed by atoms with Gasteiger partial charge < -0.3 is 9.84 Å². The quantitative estimate of drug-likeness (QED) is 0.220. The lowest BCUT2D eigenvalue weighted by Gasteiger charge is -2.13. The van der Waals surface area contributed by atoms with Crippen molar-refractivity contribution < 1.29 is 29.2 Å². The van der Waals surface area contributed by atoms with Gasteiger partial charge in [-0.3, -0.25) is 19.7 Å². The highest BCUT2D eigenvalue weighted by atomic mass is 16.6. The molecule has 1 saturated heterocycles. The van der Waals surface area contributed by atoms with E-state index in [9.17, 15) is 24.5 Å². The molecule has 1 N–H and O–H groups in total. The molecule has 3 aliphatic rings. The van der Waals surface area contributed by atoms with Crippen LogP contribution in [0.5, 0.6) is 5.75 Å². The molecule has 0 aromatic heterocycles. The van der Waals surface area contributed by atoms with Crippen molar-refractivity contribution >= 4 is 29.7 Å². The van der Waals surface area contributed by atoms with Crippen LogP contribution in [0.3, 0.4) is 0 Å². The summed E-state index contributed by atoms with van der Waals surface area (Å²) in [7, 11) is 0. The third-order valence-electron chi connectivity index (χ3n) is 6.52. The standard InChI is InChI=1S/C24H19N3O7/c28-22-20-15-5-6-16(10-15)21(20)23(29)26(22)25-11-13-4-7-19(18(9-13)27(32)33)34-12-14-2-1-3-17(8-14)24(30)31/h1-9,11,15-16,20-21H,10,12H2,(H,30,31). The summed E-state index contributed by atoms with van der Waals surface area (Å²) in [5.41, 5.74) is 0.628. The number of ether oxygens (including phenoxy) is 1. The van der Waals surface area contributed by atoms with Gasteiger partial charge in [0.15, 0.2) is 5.75 Å². The number of hydrogen-bond acceptors (Lipinski definition) is 7. The van der Waals surface area contributed by atoms with Crippen LogP contribution >= 0.6 is 0 Å². The van der Waals surface area contributed by atoms with Crippen molar-refractivity contribution in [2.45, 2.75) is 13.0 Å². The van der Waals surface area contributed by atoms with Crippen LogP contribution in [0.25, 0.3) is 0 Å². The molecule has 10 heteroatoms. The van der Waals surface area contributed by atoms with Gasteiger partial charge in [-0.25, -0.2) is 4.79 Å². The molecule has 1 heterocycles. The minimum atomic E-state index is -1.08. The number of imide groups is 1. The van der Waals surface area contributed by atoms with E-state index in [1.807, 2.05) is 12.2 Å². The van der Waals surface area contributed by atoms with Crippen LogP contribution in [0.1, 0.15) is 27.9 Å². The Kier molecular flexibility index (Phi) is 5.20. The van der Waals surface area contributed by atoms with E-state index in [2.05, 4.69) is 5.10 Å². The first kappa shape index (κ1) is 21.5. The van der Waals surface area contributed by atoms with E-state index in [1.54, 1.807) is 12.1 Å². The van der Waals surface area contributed by atoms with Gasteiger partial charge in [0.05, 0.1) is 28.5 Å². The number of benzene rings is 2. The van der Waals surface area contributed by atoms with E-state index in [1.165, 1.54) is 36.5 Å². The fourth-order valence-electron chi connectivity index (χ4n) is 4.96. The number of carbonyl (C=O) groups excluding carboxylic acids is 2. The first-order chi connectivity index (χ1) is 16.3. The number of carboxylic acid groups (broad SMARTS) is 1. The molecular weight excluding hydrogens is 442 g/mol. The Morgan fingerprint density at radius 2 is 1.85 bits per heavy atom. The van der Waals surface area contributed by atoms with Crippen molar-refractivity contribution in [2.75, 3.05) is 0 Å². The van der Waals surface area contributed by atoms with Crippen molar-refractivity contribution in [3.63, 3.8) is 0 Å². The van der Waals surface area contributed by atoms with Gasteiger partial charge in [0.25, 0.3) is 11.8 Å². The Hall–Kier alpha value is -4.34. The second-order valence-electron chi connectivity index (χ2n) is 8.51. The Labute approximate surface area is 193 Å². The van der Waals surface area contributed by atoms with Crippen LogP contribution in [0.4, 0.5) is 5.69 Å². The number of amides is 2. The summed E-state index contributed by atoms with van der Waals surface area (Å²) in [6.07, 6.45) is 6.05. The van der Waals surface area contributed by atoms with Gasteiger partial charge in [-0.05, 0) is 48.1 Å². The van der Waals surface area contributed by atoms with E-state index in [-0.39, 0.29) is 59.1 Å². The van der Waals surface area contributed by atoms with Crippen LogP contribution in [0.15, 0.2) is 59.7 Å². The third kappa shape index (κ3) is 3.62. The van der Waals surface area contributed by atoms with Gasteiger partial charge in [0, 0.05) is 11.6 Å². The second kappa shape index (κ2) is 8.22. The Balaban J connectivity index is 1.32. The molecule has 0 spiro atoms. The number of hydrogen-bond donors (Lipinski definition) is 1. The van der Waals surface area contributed by atoms with Gasteiger partial charge in [-0.1, -0.05) is 24.3 Å². The number of aromatic carboxylic acids is 1. The van der Waals surface area contributed by atoms with Crippen molar-refractivity contribution in [3.05, 3.63) is 81.4 Å². The number of rotatable bonds is 7. The van der Waals surface area contributed by atoms with Gasteiger partial charge in [0.2, 0.25) is 0 Å². The molecule has 1 saturated carbocycles. The topological polar surface area (TPSA) is 139 Å². The summed E-state index contributed by atoms with van der Waals surface area (Å²) >= 11 is 0. The van der Waals surface area contributed by atoms with Crippen LogP contribution in [-0.2, 0) is 16.2 Å². The van der Waals surface area contributed by atoms with E-state index < -0.39 is 10.9 Å². The van der Waals surface area contributed by atoms with E-state index >= 15 is 0 Å². The first-order valence-electron chi connectivity index (χ1n) is 10.7. The van der Waals surface area contributed by atoms with Gasteiger partial charge >= 0.3 is 11.7 Å². The molecule has 2 fully saturated rings. The van der Waals surface area contributed by atoms with Crippen LogP contribution in [0.2, 0.25) is 0 Å². The number of nitro benzene ring substituents is 1. The summed E-state index contributed by atoms with van der Waals surface area (Å²) in [5, 5.41) is 25.6. The third-order valence-corrected chi connectivity index (χ3v) is 6.52. The van der Waals surface area contributed by atoms with Gasteiger partial charge in [0.1, 0.15) is 6.61 Å². The average molecular weight is 461 g/mol. The molecule has 4 atom stereocenters. The zero-order valence-electron chi connectivity index (χ0n) is 17.7. The van der Waals surface area contributed by atoms with Crippen LogP contribution < -0.4 is 4.74 Å². The minimum absolute atomic E-state index is 0.00613. The van der Waals surface area contributed by atoms with Crippen LogP contribution in [0, 0.1) is 33.8 Å². The maximum absolute atomic E-state index is 12.7. The molecule has 34 heavy (non-hydrogen) atoms. The average Bonchev–Trinajstić information content (AvgIpc) is 3.51. The largest absolute Gasteiger partial charge is 0.482 e. The van der Waals surface area contributed by atoms with Crippen LogP contribution in [-0.4, -0.2) is 39.0 Å². The maximum atomic E-state index is 12.7. The molecule has 2 bridgehead atoms. The molecule has 4 unspecified atom stereocenters. The summed E-state index contributed by atoms with van der Waals surface area (Å²) in [4.78, 5) is 47.5. The lowest BCUT2D eigenvalue weighted by Crippen LogP contribution is -2.28. The smallest absolute Gasteiger partial charge is 0.335 e. The zero-order valence-corrected chi connectivity index (χ0v) is 17.7. The molecule has 2 aromatic rings. The van der Waals surface area contributed by atoms with E-state index in [0.29, 0.717) is 11.1 Å². The predicted octanol–water partition coefficient (Wildman–Crippen LogP) is 3.01. The molecule has 172 valence electrons. The molecule has 2 amide bonds. The number of nitro groups is 1. The summed E-state index contributed by atoms with van der Waals surface area (Å²) < 4.78 is 5.56. The number of carboxylic acids is 1. The molecule has 1 aliphatic heterocycles. The van der Waals surface area contributed by atoms with E-state index in [0.717, 1.165) is 11.4 Å². The van der Waals surface area contributed by atoms with Gasteiger partial charge in [-0.2, -0.15) is 10.1 Å². The summed E-state index contributed by atoms with van der Waals surface area (Å²) in [5.74, 6) is -2.36.